The minimum absolute atomic E-state index is 0.142. The molecule has 0 saturated heterocycles. The molecule has 1 aliphatic carbocycles. The van der Waals surface area contributed by atoms with Crippen LogP contribution in [0.15, 0.2) is 36.5 Å². The topological polar surface area (TPSA) is 43.8 Å². The summed E-state index contributed by atoms with van der Waals surface area (Å²) in [6, 6.07) is 11.4. The van der Waals surface area contributed by atoms with Gasteiger partial charge in [0.15, 0.2) is 0 Å². The summed E-state index contributed by atoms with van der Waals surface area (Å²) in [5, 5.41) is 4.73. The van der Waals surface area contributed by atoms with E-state index in [0.717, 1.165) is 25.7 Å². The molecule has 1 heterocycles. The van der Waals surface area contributed by atoms with Gasteiger partial charge < -0.3 is 5.73 Å². The van der Waals surface area contributed by atoms with Crippen LogP contribution in [0.1, 0.15) is 55.6 Å². The summed E-state index contributed by atoms with van der Waals surface area (Å²) in [4.78, 5) is 0. The fourth-order valence-electron chi connectivity index (χ4n) is 3.28. The molecule has 0 fully saturated rings. The fourth-order valence-corrected chi connectivity index (χ4v) is 3.28. The molecule has 2 aromatic rings. The Kier molecular flexibility index (Phi) is 4.11. The first-order chi connectivity index (χ1) is 10.2. The molecule has 3 atom stereocenters. The van der Waals surface area contributed by atoms with E-state index in [1.807, 2.05) is 0 Å². The third-order valence-electron chi connectivity index (χ3n) is 4.88. The summed E-state index contributed by atoms with van der Waals surface area (Å²) < 4.78 is 2.08. The van der Waals surface area contributed by atoms with E-state index >= 15 is 0 Å². The molecule has 0 bridgehead atoms. The standard InChI is InChI=1S/C18H25N3/c1-3-13(2)21-11-10-16(20-21)12-15-9-8-14-6-4-5-7-17(14)18(15)19/h4-7,10-11,13,15,18H,3,8-9,12,19H2,1-2H3. The first-order valence-electron chi connectivity index (χ1n) is 8.06. The number of benzene rings is 1. The zero-order valence-corrected chi connectivity index (χ0v) is 13.0. The molecule has 2 N–H and O–H groups in total. The normalized spacial score (nSPS) is 22.8. The van der Waals surface area contributed by atoms with Crippen molar-refractivity contribution in [3.63, 3.8) is 0 Å². The van der Waals surface area contributed by atoms with E-state index in [0.29, 0.717) is 12.0 Å². The van der Waals surface area contributed by atoms with Crippen molar-refractivity contribution in [2.45, 2.75) is 51.6 Å². The fraction of sp³-hybridized carbons (Fsp3) is 0.500. The molecule has 1 aromatic carbocycles. The zero-order chi connectivity index (χ0) is 14.8. The van der Waals surface area contributed by atoms with Gasteiger partial charge >= 0.3 is 0 Å². The van der Waals surface area contributed by atoms with Crippen molar-refractivity contribution < 1.29 is 0 Å². The lowest BCUT2D eigenvalue weighted by Crippen LogP contribution is -2.28. The molecule has 3 nitrogen and oxygen atoms in total. The predicted octanol–water partition coefficient (Wildman–Crippen LogP) is 3.66. The molecule has 1 aromatic heterocycles. The predicted molar refractivity (Wildman–Crippen MR) is 86.1 cm³/mol. The molecule has 0 radical (unpaired) electrons. The quantitative estimate of drug-likeness (QED) is 0.930. The minimum Gasteiger partial charge on any atom is -0.324 e. The van der Waals surface area contributed by atoms with Crippen molar-refractivity contribution >= 4 is 0 Å². The monoisotopic (exact) mass is 283 g/mol. The molecule has 112 valence electrons. The Hall–Kier alpha value is -1.61. The van der Waals surface area contributed by atoms with Crippen LogP contribution in [0.5, 0.6) is 0 Å². The van der Waals surface area contributed by atoms with Crippen LogP contribution >= 0.6 is 0 Å². The zero-order valence-electron chi connectivity index (χ0n) is 13.0. The second kappa shape index (κ2) is 6.02. The van der Waals surface area contributed by atoms with Crippen LogP contribution in [-0.4, -0.2) is 9.78 Å². The molecule has 1 aliphatic rings. The maximum Gasteiger partial charge on any atom is 0.0628 e. The van der Waals surface area contributed by atoms with E-state index in [2.05, 4.69) is 55.1 Å². The van der Waals surface area contributed by atoms with Gasteiger partial charge in [-0.25, -0.2) is 0 Å². The van der Waals surface area contributed by atoms with Gasteiger partial charge in [0.05, 0.1) is 5.69 Å². The molecule has 0 saturated carbocycles. The molecule has 3 rings (SSSR count). The molecule has 0 amide bonds. The maximum absolute atomic E-state index is 6.50. The number of aromatic nitrogens is 2. The Labute approximate surface area is 127 Å². The summed E-state index contributed by atoms with van der Waals surface area (Å²) in [6.07, 6.45) is 6.50. The molecule has 3 heteroatoms. The Morgan fingerprint density at radius 3 is 2.95 bits per heavy atom. The summed E-state index contributed by atoms with van der Waals surface area (Å²) in [7, 11) is 0. The Bertz CT molecular complexity index is 602. The van der Waals surface area contributed by atoms with Gasteiger partial charge in [0.25, 0.3) is 0 Å². The van der Waals surface area contributed by atoms with Crippen LogP contribution in [0.4, 0.5) is 0 Å². The highest BCUT2D eigenvalue weighted by Crippen LogP contribution is 2.34. The molecular weight excluding hydrogens is 258 g/mol. The number of aryl methyl sites for hydroxylation is 1. The van der Waals surface area contributed by atoms with Gasteiger partial charge in [0.2, 0.25) is 0 Å². The SMILES string of the molecule is CCC(C)n1ccc(CC2CCc3ccccc3C2N)n1. The van der Waals surface area contributed by atoms with Crippen molar-refractivity contribution in [2.75, 3.05) is 0 Å². The van der Waals surface area contributed by atoms with E-state index in [4.69, 9.17) is 10.8 Å². The molecule has 0 spiro atoms. The van der Waals surface area contributed by atoms with Gasteiger partial charge in [-0.1, -0.05) is 31.2 Å². The van der Waals surface area contributed by atoms with Crippen molar-refractivity contribution in [3.8, 4) is 0 Å². The first-order valence-corrected chi connectivity index (χ1v) is 8.06. The second-order valence-electron chi connectivity index (χ2n) is 6.27. The lowest BCUT2D eigenvalue weighted by Gasteiger charge is -2.30. The number of nitrogens with zero attached hydrogens (tertiary/aromatic N) is 2. The lowest BCUT2D eigenvalue weighted by atomic mass is 9.78. The van der Waals surface area contributed by atoms with Crippen LogP contribution in [0.25, 0.3) is 0 Å². The Balaban J connectivity index is 1.73. The van der Waals surface area contributed by atoms with Gasteiger partial charge in [0, 0.05) is 18.3 Å². The highest BCUT2D eigenvalue weighted by Gasteiger charge is 2.27. The smallest absolute Gasteiger partial charge is 0.0628 e. The largest absolute Gasteiger partial charge is 0.324 e. The number of nitrogens with two attached hydrogens (primary N) is 1. The average molecular weight is 283 g/mol. The molecule has 3 unspecified atom stereocenters. The number of fused-ring (bicyclic) bond motifs is 1. The molecule has 21 heavy (non-hydrogen) atoms. The summed E-state index contributed by atoms with van der Waals surface area (Å²) >= 11 is 0. The molecular formula is C18H25N3. The summed E-state index contributed by atoms with van der Waals surface area (Å²) in [6.45, 7) is 4.40. The van der Waals surface area contributed by atoms with Gasteiger partial charge in [0.1, 0.15) is 0 Å². The van der Waals surface area contributed by atoms with E-state index in [-0.39, 0.29) is 6.04 Å². The molecule has 0 aliphatic heterocycles. The van der Waals surface area contributed by atoms with Crippen LogP contribution < -0.4 is 5.73 Å². The van der Waals surface area contributed by atoms with Crippen LogP contribution in [0.3, 0.4) is 0 Å². The number of rotatable bonds is 4. The van der Waals surface area contributed by atoms with E-state index < -0.39 is 0 Å². The first kappa shape index (κ1) is 14.3. The lowest BCUT2D eigenvalue weighted by molar-refractivity contribution is 0.370. The van der Waals surface area contributed by atoms with Crippen molar-refractivity contribution in [1.29, 1.82) is 0 Å². The summed E-state index contributed by atoms with van der Waals surface area (Å²) in [5.74, 6) is 0.500. The van der Waals surface area contributed by atoms with Crippen LogP contribution in [-0.2, 0) is 12.8 Å². The summed E-state index contributed by atoms with van der Waals surface area (Å²) in [5.41, 5.74) is 10.4. The van der Waals surface area contributed by atoms with Crippen LogP contribution in [0, 0.1) is 5.92 Å². The van der Waals surface area contributed by atoms with Gasteiger partial charge in [-0.3, -0.25) is 4.68 Å². The van der Waals surface area contributed by atoms with E-state index in [9.17, 15) is 0 Å². The maximum atomic E-state index is 6.50. The van der Waals surface area contributed by atoms with Crippen LogP contribution in [0.2, 0.25) is 0 Å². The van der Waals surface area contributed by atoms with Crippen molar-refractivity contribution in [2.24, 2.45) is 11.7 Å². The van der Waals surface area contributed by atoms with Gasteiger partial charge in [-0.15, -0.1) is 0 Å². The van der Waals surface area contributed by atoms with Crippen molar-refractivity contribution in [1.82, 2.24) is 9.78 Å². The minimum atomic E-state index is 0.142. The number of hydrogen-bond donors (Lipinski definition) is 1. The van der Waals surface area contributed by atoms with E-state index in [1.165, 1.54) is 16.8 Å². The number of hydrogen-bond acceptors (Lipinski definition) is 2. The third-order valence-corrected chi connectivity index (χ3v) is 4.88. The van der Waals surface area contributed by atoms with E-state index in [1.54, 1.807) is 0 Å². The van der Waals surface area contributed by atoms with Gasteiger partial charge in [-0.2, -0.15) is 5.10 Å². The highest BCUT2D eigenvalue weighted by molar-refractivity contribution is 5.33. The highest BCUT2D eigenvalue weighted by atomic mass is 15.3. The average Bonchev–Trinajstić information content (AvgIpc) is 2.98. The Morgan fingerprint density at radius 2 is 2.14 bits per heavy atom. The Morgan fingerprint density at radius 1 is 1.33 bits per heavy atom. The van der Waals surface area contributed by atoms with Crippen molar-refractivity contribution in [3.05, 3.63) is 53.3 Å². The van der Waals surface area contributed by atoms with Gasteiger partial charge in [-0.05, 0) is 55.7 Å². The second-order valence-corrected chi connectivity index (χ2v) is 6.27. The third kappa shape index (κ3) is 2.88.